The smallest absolute Gasteiger partial charge is 0.243 e. The third-order valence-corrected chi connectivity index (χ3v) is 5.30. The maximum absolute atomic E-state index is 13.6. The van der Waals surface area contributed by atoms with Gasteiger partial charge in [0.25, 0.3) is 0 Å². The van der Waals surface area contributed by atoms with E-state index in [1.807, 2.05) is 0 Å². The number of nitrogens with one attached hydrogen (secondary N) is 1. The van der Waals surface area contributed by atoms with Crippen molar-refractivity contribution < 1.29 is 21.6 Å². The third-order valence-electron chi connectivity index (χ3n) is 3.79. The molecule has 1 aromatic carbocycles. The van der Waals surface area contributed by atoms with E-state index in [2.05, 4.69) is 4.72 Å². The molecule has 1 fully saturated rings. The van der Waals surface area contributed by atoms with E-state index >= 15 is 0 Å². The SMILES string of the molecule is NCC(NS(=O)(=O)c1cc(F)c(F)cc1F)C1CCCC1. The van der Waals surface area contributed by atoms with Crippen molar-refractivity contribution in [3.63, 3.8) is 0 Å². The predicted molar refractivity (Wildman–Crippen MR) is 71.4 cm³/mol. The van der Waals surface area contributed by atoms with Gasteiger partial charge in [0.15, 0.2) is 11.6 Å². The number of benzene rings is 1. The van der Waals surface area contributed by atoms with E-state index in [1.165, 1.54) is 0 Å². The average Bonchev–Trinajstić information content (AvgIpc) is 2.94. The highest BCUT2D eigenvalue weighted by molar-refractivity contribution is 7.89. The molecule has 0 spiro atoms. The van der Waals surface area contributed by atoms with Crippen LogP contribution in [0.4, 0.5) is 13.2 Å². The highest BCUT2D eigenvalue weighted by Crippen LogP contribution is 2.28. The summed E-state index contributed by atoms with van der Waals surface area (Å²) in [4.78, 5) is -0.905. The summed E-state index contributed by atoms with van der Waals surface area (Å²) in [6.45, 7) is 0.0647. The summed E-state index contributed by atoms with van der Waals surface area (Å²) in [7, 11) is -4.29. The normalized spacial score (nSPS) is 18.1. The largest absolute Gasteiger partial charge is 0.329 e. The molecular weight excluding hydrogens is 305 g/mol. The second kappa shape index (κ2) is 6.33. The maximum Gasteiger partial charge on any atom is 0.243 e. The minimum atomic E-state index is -4.29. The van der Waals surface area contributed by atoms with E-state index < -0.39 is 38.4 Å². The van der Waals surface area contributed by atoms with Crippen LogP contribution in [-0.2, 0) is 10.0 Å². The first-order chi connectivity index (χ1) is 9.85. The summed E-state index contributed by atoms with van der Waals surface area (Å²) in [5.41, 5.74) is 5.58. The van der Waals surface area contributed by atoms with Gasteiger partial charge in [-0.25, -0.2) is 26.3 Å². The van der Waals surface area contributed by atoms with Crippen molar-refractivity contribution in [2.45, 2.75) is 36.6 Å². The molecule has 0 amide bonds. The molecular formula is C13H17F3N2O2S. The predicted octanol–water partition coefficient (Wildman–Crippen LogP) is 1.90. The molecule has 1 aromatic rings. The molecule has 0 radical (unpaired) electrons. The van der Waals surface area contributed by atoms with Gasteiger partial charge in [0.1, 0.15) is 10.7 Å². The highest BCUT2D eigenvalue weighted by atomic mass is 32.2. The lowest BCUT2D eigenvalue weighted by atomic mass is 9.99. The number of nitrogens with two attached hydrogens (primary N) is 1. The molecule has 3 N–H and O–H groups in total. The second-order valence-electron chi connectivity index (χ2n) is 5.20. The van der Waals surface area contributed by atoms with E-state index in [4.69, 9.17) is 5.73 Å². The van der Waals surface area contributed by atoms with Crippen molar-refractivity contribution in [2.75, 3.05) is 6.54 Å². The Morgan fingerprint density at radius 2 is 1.71 bits per heavy atom. The molecule has 8 heteroatoms. The van der Waals surface area contributed by atoms with E-state index in [9.17, 15) is 21.6 Å². The summed E-state index contributed by atoms with van der Waals surface area (Å²) in [5, 5.41) is 0. The first-order valence-electron chi connectivity index (χ1n) is 6.72. The van der Waals surface area contributed by atoms with Gasteiger partial charge >= 0.3 is 0 Å². The monoisotopic (exact) mass is 322 g/mol. The molecule has 0 aromatic heterocycles. The van der Waals surface area contributed by atoms with Crippen LogP contribution in [0, 0.1) is 23.4 Å². The van der Waals surface area contributed by atoms with Crippen molar-refractivity contribution >= 4 is 10.0 Å². The first kappa shape index (κ1) is 16.3. The van der Waals surface area contributed by atoms with E-state index in [0.29, 0.717) is 6.07 Å². The Morgan fingerprint density at radius 3 is 2.29 bits per heavy atom. The standard InChI is InChI=1S/C13H17F3N2O2S/c14-9-5-11(16)13(6-10(9)15)21(19,20)18-12(7-17)8-3-1-2-4-8/h5-6,8,12,18H,1-4,7,17H2. The van der Waals surface area contributed by atoms with Gasteiger partial charge in [0.2, 0.25) is 10.0 Å². The van der Waals surface area contributed by atoms with Crippen molar-refractivity contribution in [3.8, 4) is 0 Å². The van der Waals surface area contributed by atoms with Crippen LogP contribution in [0.15, 0.2) is 17.0 Å². The fraction of sp³-hybridized carbons (Fsp3) is 0.538. The van der Waals surface area contributed by atoms with Gasteiger partial charge < -0.3 is 5.73 Å². The van der Waals surface area contributed by atoms with Gasteiger partial charge in [0, 0.05) is 18.7 Å². The van der Waals surface area contributed by atoms with Gasteiger partial charge in [-0.05, 0) is 24.8 Å². The van der Waals surface area contributed by atoms with Crippen LogP contribution in [-0.4, -0.2) is 21.0 Å². The summed E-state index contributed by atoms with van der Waals surface area (Å²) in [6, 6.07) is 0.0246. The average molecular weight is 322 g/mol. The fourth-order valence-corrected chi connectivity index (χ4v) is 4.06. The Balaban J connectivity index is 2.27. The van der Waals surface area contributed by atoms with Gasteiger partial charge in [-0.15, -0.1) is 0 Å². The van der Waals surface area contributed by atoms with Gasteiger partial charge in [-0.1, -0.05) is 12.8 Å². The number of hydrogen-bond acceptors (Lipinski definition) is 3. The van der Waals surface area contributed by atoms with Crippen LogP contribution in [0.3, 0.4) is 0 Å². The number of sulfonamides is 1. The van der Waals surface area contributed by atoms with Crippen molar-refractivity contribution in [1.29, 1.82) is 0 Å². The van der Waals surface area contributed by atoms with E-state index in [1.54, 1.807) is 0 Å². The van der Waals surface area contributed by atoms with Crippen molar-refractivity contribution in [1.82, 2.24) is 4.72 Å². The molecule has 1 atom stereocenters. The van der Waals surface area contributed by atoms with Gasteiger partial charge in [-0.3, -0.25) is 0 Å². The summed E-state index contributed by atoms with van der Waals surface area (Å²) in [5.74, 6) is -4.10. The maximum atomic E-state index is 13.6. The quantitative estimate of drug-likeness (QED) is 0.813. The fourth-order valence-electron chi connectivity index (χ4n) is 2.67. The molecule has 1 aliphatic carbocycles. The van der Waals surface area contributed by atoms with Gasteiger partial charge in [0.05, 0.1) is 0 Å². The Hall–Kier alpha value is -1.12. The van der Waals surface area contributed by atoms with Crippen molar-refractivity contribution in [3.05, 3.63) is 29.6 Å². The molecule has 0 aliphatic heterocycles. The van der Waals surface area contributed by atoms with Crippen LogP contribution in [0.25, 0.3) is 0 Å². The molecule has 4 nitrogen and oxygen atoms in total. The summed E-state index contributed by atoms with van der Waals surface area (Å²) < 4.78 is 66.2. The molecule has 118 valence electrons. The highest BCUT2D eigenvalue weighted by Gasteiger charge is 2.30. The Kier molecular flexibility index (Phi) is 4.90. The second-order valence-corrected chi connectivity index (χ2v) is 6.89. The third kappa shape index (κ3) is 3.56. The summed E-state index contributed by atoms with van der Waals surface area (Å²) in [6.07, 6.45) is 3.65. The Bertz CT molecular complexity index is 616. The molecule has 1 saturated carbocycles. The lowest BCUT2D eigenvalue weighted by Crippen LogP contribution is -2.44. The molecule has 0 heterocycles. The van der Waals surface area contributed by atoms with Crippen LogP contribution >= 0.6 is 0 Å². The molecule has 0 saturated heterocycles. The zero-order chi connectivity index (χ0) is 15.6. The van der Waals surface area contributed by atoms with Crippen molar-refractivity contribution in [2.24, 2.45) is 11.7 Å². The molecule has 1 unspecified atom stereocenters. The minimum absolute atomic E-state index is 0.0647. The minimum Gasteiger partial charge on any atom is -0.329 e. The lowest BCUT2D eigenvalue weighted by Gasteiger charge is -2.23. The Morgan fingerprint density at radius 1 is 1.14 bits per heavy atom. The molecule has 2 rings (SSSR count). The summed E-state index contributed by atoms with van der Waals surface area (Å²) >= 11 is 0. The number of halogens is 3. The number of rotatable bonds is 5. The topological polar surface area (TPSA) is 72.2 Å². The molecule has 1 aliphatic rings. The van der Waals surface area contributed by atoms with Crippen LogP contribution < -0.4 is 10.5 Å². The van der Waals surface area contributed by atoms with Gasteiger partial charge in [-0.2, -0.15) is 0 Å². The lowest BCUT2D eigenvalue weighted by molar-refractivity contribution is 0.404. The van der Waals surface area contributed by atoms with E-state index in [0.717, 1.165) is 25.7 Å². The molecule has 21 heavy (non-hydrogen) atoms. The van der Waals surface area contributed by atoms with Crippen LogP contribution in [0.2, 0.25) is 0 Å². The Labute approximate surface area is 121 Å². The van der Waals surface area contributed by atoms with E-state index in [-0.39, 0.29) is 18.5 Å². The van der Waals surface area contributed by atoms with Crippen LogP contribution in [0.5, 0.6) is 0 Å². The first-order valence-corrected chi connectivity index (χ1v) is 8.20. The zero-order valence-electron chi connectivity index (χ0n) is 11.3. The zero-order valence-corrected chi connectivity index (χ0v) is 12.1. The van der Waals surface area contributed by atoms with Crippen LogP contribution in [0.1, 0.15) is 25.7 Å². The number of hydrogen-bond donors (Lipinski definition) is 2. The molecule has 0 bridgehead atoms.